The molecule has 0 atom stereocenters. The second-order valence-corrected chi connectivity index (χ2v) is 3.90. The number of benzene rings is 1. The lowest BCUT2D eigenvalue weighted by molar-refractivity contribution is 0.213. The number of rotatable bonds is 1. The maximum Gasteiger partial charge on any atom is 0.137 e. The van der Waals surface area contributed by atoms with Gasteiger partial charge in [0.25, 0.3) is 0 Å². The summed E-state index contributed by atoms with van der Waals surface area (Å²) < 4.78 is 13.7. The Bertz CT molecular complexity index is 403. The summed E-state index contributed by atoms with van der Waals surface area (Å²) >= 11 is 3.24. The van der Waals surface area contributed by atoms with Gasteiger partial charge in [-0.3, -0.25) is 0 Å². The van der Waals surface area contributed by atoms with Crippen LogP contribution in [0.3, 0.4) is 0 Å². The van der Waals surface area contributed by atoms with Crippen molar-refractivity contribution in [3.05, 3.63) is 33.5 Å². The van der Waals surface area contributed by atoms with Gasteiger partial charge in [-0.15, -0.1) is 0 Å². The van der Waals surface area contributed by atoms with Crippen LogP contribution >= 0.6 is 15.9 Å². The van der Waals surface area contributed by atoms with E-state index >= 15 is 0 Å². The molecule has 0 fully saturated rings. The van der Waals surface area contributed by atoms with E-state index in [9.17, 15) is 4.39 Å². The van der Waals surface area contributed by atoms with Crippen LogP contribution in [0, 0.1) is 5.82 Å². The highest BCUT2D eigenvalue weighted by atomic mass is 79.9. The van der Waals surface area contributed by atoms with Gasteiger partial charge in [0.2, 0.25) is 0 Å². The minimum Gasteiger partial charge on any atom is -0.399 e. The standard InChI is InChI=1S/C10H9BrFNO/c1-14-13-9-5-3-7-6(9)2-4-8(12)10(7)11/h2,4H,3,5H2,1H3. The smallest absolute Gasteiger partial charge is 0.137 e. The predicted octanol–water partition coefficient (Wildman–Crippen LogP) is 2.88. The Labute approximate surface area is 89.9 Å². The molecule has 0 N–H and O–H groups in total. The summed E-state index contributed by atoms with van der Waals surface area (Å²) in [7, 11) is 1.52. The molecule has 0 radical (unpaired) electrons. The lowest BCUT2D eigenvalue weighted by Gasteiger charge is -2.02. The van der Waals surface area contributed by atoms with Gasteiger partial charge in [-0.25, -0.2) is 4.39 Å². The van der Waals surface area contributed by atoms with E-state index in [1.807, 2.05) is 0 Å². The highest BCUT2D eigenvalue weighted by Crippen LogP contribution is 2.31. The zero-order chi connectivity index (χ0) is 10.1. The van der Waals surface area contributed by atoms with Crippen LogP contribution in [-0.2, 0) is 11.3 Å². The average Bonchev–Trinajstić information content (AvgIpc) is 2.57. The highest BCUT2D eigenvalue weighted by molar-refractivity contribution is 9.10. The Morgan fingerprint density at radius 3 is 2.93 bits per heavy atom. The normalized spacial score (nSPS) is 17.2. The Balaban J connectivity index is 2.53. The van der Waals surface area contributed by atoms with Crippen molar-refractivity contribution in [2.45, 2.75) is 12.8 Å². The molecule has 0 unspecified atom stereocenters. The van der Waals surface area contributed by atoms with Gasteiger partial charge in [0.15, 0.2) is 0 Å². The molecule has 0 saturated carbocycles. The van der Waals surface area contributed by atoms with E-state index in [2.05, 4.69) is 21.1 Å². The molecular weight excluding hydrogens is 249 g/mol. The molecular formula is C10H9BrFNO. The molecule has 2 rings (SSSR count). The fourth-order valence-corrected chi connectivity index (χ4v) is 2.23. The van der Waals surface area contributed by atoms with Gasteiger partial charge in [0.05, 0.1) is 10.2 Å². The molecule has 0 amide bonds. The Kier molecular flexibility index (Phi) is 2.54. The maximum atomic E-state index is 13.2. The van der Waals surface area contributed by atoms with Gasteiger partial charge in [0, 0.05) is 5.56 Å². The molecule has 1 aromatic rings. The summed E-state index contributed by atoms with van der Waals surface area (Å²) in [6.45, 7) is 0. The lowest BCUT2D eigenvalue weighted by Crippen LogP contribution is -1.95. The maximum absolute atomic E-state index is 13.2. The lowest BCUT2D eigenvalue weighted by atomic mass is 10.1. The first-order valence-electron chi connectivity index (χ1n) is 4.31. The molecule has 0 bridgehead atoms. The third-order valence-electron chi connectivity index (χ3n) is 2.32. The van der Waals surface area contributed by atoms with Crippen LogP contribution < -0.4 is 0 Å². The predicted molar refractivity (Wildman–Crippen MR) is 56.0 cm³/mol. The summed E-state index contributed by atoms with van der Waals surface area (Å²) in [6, 6.07) is 3.19. The molecule has 0 saturated heterocycles. The van der Waals surface area contributed by atoms with Crippen LogP contribution in [0.1, 0.15) is 17.5 Å². The fourth-order valence-electron chi connectivity index (χ4n) is 1.69. The molecule has 74 valence electrons. The largest absolute Gasteiger partial charge is 0.399 e. The Hall–Kier alpha value is -0.900. The van der Waals surface area contributed by atoms with Crippen molar-refractivity contribution in [2.75, 3.05) is 7.11 Å². The fraction of sp³-hybridized carbons (Fsp3) is 0.300. The van der Waals surface area contributed by atoms with Crippen LogP contribution in [0.15, 0.2) is 21.8 Å². The quantitative estimate of drug-likeness (QED) is 0.710. The van der Waals surface area contributed by atoms with Crippen LogP contribution in [0.4, 0.5) is 4.39 Å². The molecule has 14 heavy (non-hydrogen) atoms. The molecule has 1 aliphatic rings. The van der Waals surface area contributed by atoms with E-state index in [4.69, 9.17) is 4.84 Å². The van der Waals surface area contributed by atoms with Crippen molar-refractivity contribution in [3.8, 4) is 0 Å². The van der Waals surface area contributed by atoms with Crippen molar-refractivity contribution >= 4 is 21.6 Å². The van der Waals surface area contributed by atoms with Crippen molar-refractivity contribution in [1.82, 2.24) is 0 Å². The van der Waals surface area contributed by atoms with Gasteiger partial charge in [0.1, 0.15) is 12.9 Å². The van der Waals surface area contributed by atoms with E-state index < -0.39 is 0 Å². The summed E-state index contributed by atoms with van der Waals surface area (Å²) in [5.41, 5.74) is 2.86. The number of fused-ring (bicyclic) bond motifs is 1. The molecule has 1 aliphatic carbocycles. The van der Waals surface area contributed by atoms with Gasteiger partial charge in [-0.1, -0.05) is 5.16 Å². The molecule has 0 aromatic heterocycles. The number of halogens is 2. The third-order valence-corrected chi connectivity index (χ3v) is 3.18. The summed E-state index contributed by atoms with van der Waals surface area (Å²) in [5.74, 6) is -0.220. The van der Waals surface area contributed by atoms with E-state index in [0.29, 0.717) is 4.47 Å². The highest BCUT2D eigenvalue weighted by Gasteiger charge is 2.22. The van der Waals surface area contributed by atoms with Gasteiger partial charge in [-0.2, -0.15) is 0 Å². The number of oxime groups is 1. The number of hydrogen-bond donors (Lipinski definition) is 0. The van der Waals surface area contributed by atoms with Crippen LogP contribution in [0.5, 0.6) is 0 Å². The number of hydrogen-bond acceptors (Lipinski definition) is 2. The third kappa shape index (κ3) is 1.43. The summed E-state index contributed by atoms with van der Waals surface area (Å²) in [4.78, 5) is 4.73. The molecule has 4 heteroatoms. The average molecular weight is 258 g/mol. The van der Waals surface area contributed by atoms with E-state index in [1.165, 1.54) is 13.2 Å². The van der Waals surface area contributed by atoms with Crippen LogP contribution in [0.25, 0.3) is 0 Å². The Morgan fingerprint density at radius 1 is 1.43 bits per heavy atom. The summed E-state index contributed by atoms with van der Waals surface area (Å²) in [5, 5.41) is 3.91. The number of nitrogens with zero attached hydrogens (tertiary/aromatic N) is 1. The first kappa shape index (κ1) is 9.65. The monoisotopic (exact) mass is 257 g/mol. The zero-order valence-electron chi connectivity index (χ0n) is 7.68. The first-order chi connectivity index (χ1) is 6.74. The van der Waals surface area contributed by atoms with E-state index in [-0.39, 0.29) is 5.82 Å². The van der Waals surface area contributed by atoms with E-state index in [0.717, 1.165) is 29.7 Å². The van der Waals surface area contributed by atoms with Gasteiger partial charge < -0.3 is 4.84 Å². The van der Waals surface area contributed by atoms with Gasteiger partial charge >= 0.3 is 0 Å². The molecule has 2 nitrogen and oxygen atoms in total. The molecule has 1 aromatic carbocycles. The molecule has 0 spiro atoms. The minimum atomic E-state index is -0.220. The second-order valence-electron chi connectivity index (χ2n) is 3.11. The van der Waals surface area contributed by atoms with Gasteiger partial charge in [-0.05, 0) is 46.5 Å². The SMILES string of the molecule is CON=C1CCc2c1ccc(F)c2Br. The van der Waals surface area contributed by atoms with Crippen LogP contribution in [-0.4, -0.2) is 12.8 Å². The first-order valence-corrected chi connectivity index (χ1v) is 5.10. The minimum absolute atomic E-state index is 0.220. The molecule has 0 heterocycles. The molecule has 0 aliphatic heterocycles. The second kappa shape index (κ2) is 3.69. The van der Waals surface area contributed by atoms with E-state index in [1.54, 1.807) is 6.07 Å². The Morgan fingerprint density at radius 2 is 2.21 bits per heavy atom. The summed E-state index contributed by atoms with van der Waals surface area (Å²) in [6.07, 6.45) is 1.63. The van der Waals surface area contributed by atoms with Crippen molar-refractivity contribution in [1.29, 1.82) is 0 Å². The van der Waals surface area contributed by atoms with Crippen molar-refractivity contribution < 1.29 is 9.23 Å². The van der Waals surface area contributed by atoms with Crippen LogP contribution in [0.2, 0.25) is 0 Å². The topological polar surface area (TPSA) is 21.6 Å². The van der Waals surface area contributed by atoms with Crippen molar-refractivity contribution in [3.63, 3.8) is 0 Å². The van der Waals surface area contributed by atoms with Crippen molar-refractivity contribution in [2.24, 2.45) is 5.16 Å². The zero-order valence-corrected chi connectivity index (χ0v) is 9.27.